The van der Waals surface area contributed by atoms with Gasteiger partial charge in [0.1, 0.15) is 0 Å². The van der Waals surface area contributed by atoms with Crippen molar-refractivity contribution in [3.05, 3.63) is 0 Å². The Bertz CT molecular complexity index is 371. The van der Waals surface area contributed by atoms with Gasteiger partial charge in [0.2, 0.25) is 10.0 Å². The van der Waals surface area contributed by atoms with E-state index in [2.05, 4.69) is 31.4 Å². The van der Waals surface area contributed by atoms with Crippen molar-refractivity contribution in [2.24, 2.45) is 5.41 Å². The molecule has 0 aliphatic carbocycles. The van der Waals surface area contributed by atoms with Crippen LogP contribution in [0.15, 0.2) is 0 Å². The van der Waals surface area contributed by atoms with Crippen molar-refractivity contribution >= 4 is 22.7 Å². The molecule has 0 spiro atoms. The number of nitrogens with zero attached hydrogens (tertiary/aromatic N) is 2. The fourth-order valence-electron chi connectivity index (χ4n) is 3.25. The summed E-state index contributed by atoms with van der Waals surface area (Å²) in [6.45, 7) is 8.45. The van der Waals surface area contributed by atoms with Gasteiger partial charge in [-0.2, -0.15) is 16.9 Å². The molecule has 0 aromatic rings. The molecular formula is C14H30N2O2S2. The number of thiol groups is 1. The first-order chi connectivity index (χ1) is 9.37. The highest BCUT2D eigenvalue weighted by molar-refractivity contribution is 7.88. The van der Waals surface area contributed by atoms with Crippen LogP contribution >= 0.6 is 12.6 Å². The second-order valence-corrected chi connectivity index (χ2v) is 8.39. The van der Waals surface area contributed by atoms with E-state index in [0.717, 1.165) is 25.4 Å². The summed E-state index contributed by atoms with van der Waals surface area (Å²) >= 11 is 4.60. The van der Waals surface area contributed by atoms with Crippen LogP contribution in [0.2, 0.25) is 0 Å². The van der Waals surface area contributed by atoms with E-state index in [1.54, 1.807) is 4.31 Å². The van der Waals surface area contributed by atoms with Crippen LogP contribution in [0.4, 0.5) is 0 Å². The molecule has 1 saturated heterocycles. The maximum atomic E-state index is 11.5. The Hall–Kier alpha value is 0.220. The van der Waals surface area contributed by atoms with E-state index in [0.29, 0.717) is 18.5 Å². The average molecular weight is 323 g/mol. The van der Waals surface area contributed by atoms with Crippen LogP contribution in [0.1, 0.15) is 39.5 Å². The third-order valence-electron chi connectivity index (χ3n) is 4.26. The van der Waals surface area contributed by atoms with Crippen molar-refractivity contribution in [3.63, 3.8) is 0 Å². The second kappa shape index (κ2) is 8.01. The third kappa shape index (κ3) is 5.20. The lowest BCUT2D eigenvalue weighted by Crippen LogP contribution is -2.51. The molecular weight excluding hydrogens is 292 g/mol. The normalized spacial score (nSPS) is 19.4. The van der Waals surface area contributed by atoms with Crippen LogP contribution in [0.5, 0.6) is 0 Å². The minimum absolute atomic E-state index is 0.292. The highest BCUT2D eigenvalue weighted by atomic mass is 32.2. The van der Waals surface area contributed by atoms with E-state index < -0.39 is 10.0 Å². The Morgan fingerprint density at radius 3 is 1.90 bits per heavy atom. The van der Waals surface area contributed by atoms with Crippen LogP contribution in [-0.4, -0.2) is 62.4 Å². The van der Waals surface area contributed by atoms with Crippen LogP contribution in [-0.2, 0) is 10.0 Å². The molecule has 20 heavy (non-hydrogen) atoms. The molecule has 0 N–H and O–H groups in total. The van der Waals surface area contributed by atoms with Gasteiger partial charge in [0.15, 0.2) is 0 Å². The SMILES string of the molecule is CCCC(CS)(CCC)CN1CCN(S(C)(=O)=O)CC1. The van der Waals surface area contributed by atoms with Crippen LogP contribution < -0.4 is 0 Å². The number of hydrogen-bond acceptors (Lipinski definition) is 4. The first-order valence-electron chi connectivity index (χ1n) is 7.65. The molecule has 6 heteroatoms. The Labute approximate surface area is 130 Å². The first kappa shape index (κ1) is 18.3. The van der Waals surface area contributed by atoms with Crippen molar-refractivity contribution in [1.29, 1.82) is 0 Å². The largest absolute Gasteiger partial charge is 0.300 e. The molecule has 1 aliphatic heterocycles. The molecule has 0 atom stereocenters. The number of sulfonamides is 1. The minimum Gasteiger partial charge on any atom is -0.300 e. The van der Waals surface area contributed by atoms with E-state index in [-0.39, 0.29) is 0 Å². The molecule has 0 unspecified atom stereocenters. The van der Waals surface area contributed by atoms with Gasteiger partial charge in [-0.05, 0) is 24.0 Å². The van der Waals surface area contributed by atoms with Gasteiger partial charge in [-0.15, -0.1) is 0 Å². The van der Waals surface area contributed by atoms with Gasteiger partial charge in [0.25, 0.3) is 0 Å². The summed E-state index contributed by atoms with van der Waals surface area (Å²) in [6, 6.07) is 0. The molecule has 1 rings (SSSR count). The number of hydrogen-bond donors (Lipinski definition) is 1. The lowest BCUT2D eigenvalue weighted by atomic mass is 9.80. The van der Waals surface area contributed by atoms with E-state index in [1.165, 1.54) is 31.9 Å². The second-order valence-electron chi connectivity index (χ2n) is 6.10. The molecule has 0 saturated carbocycles. The third-order valence-corrected chi connectivity index (χ3v) is 6.23. The lowest BCUT2D eigenvalue weighted by Gasteiger charge is -2.41. The Morgan fingerprint density at radius 2 is 1.55 bits per heavy atom. The van der Waals surface area contributed by atoms with E-state index in [1.807, 2.05) is 0 Å². The zero-order chi connectivity index (χ0) is 15.2. The van der Waals surface area contributed by atoms with Crippen molar-refractivity contribution in [3.8, 4) is 0 Å². The Morgan fingerprint density at radius 1 is 1.05 bits per heavy atom. The molecule has 1 heterocycles. The summed E-state index contributed by atoms with van der Waals surface area (Å²) < 4.78 is 24.7. The van der Waals surface area contributed by atoms with Gasteiger partial charge in [-0.1, -0.05) is 26.7 Å². The van der Waals surface area contributed by atoms with Crippen LogP contribution in [0.25, 0.3) is 0 Å². The number of piperazine rings is 1. The van der Waals surface area contributed by atoms with Crippen LogP contribution in [0, 0.1) is 5.41 Å². The van der Waals surface area contributed by atoms with Gasteiger partial charge < -0.3 is 4.90 Å². The van der Waals surface area contributed by atoms with E-state index in [9.17, 15) is 8.42 Å². The van der Waals surface area contributed by atoms with E-state index >= 15 is 0 Å². The highest BCUT2D eigenvalue weighted by Crippen LogP contribution is 2.32. The fraction of sp³-hybridized carbons (Fsp3) is 1.00. The quantitative estimate of drug-likeness (QED) is 0.696. The van der Waals surface area contributed by atoms with Gasteiger partial charge >= 0.3 is 0 Å². The predicted octanol–water partition coefficient (Wildman–Crippen LogP) is 2.08. The maximum absolute atomic E-state index is 11.5. The molecule has 0 bridgehead atoms. The first-order valence-corrected chi connectivity index (χ1v) is 10.1. The van der Waals surface area contributed by atoms with Gasteiger partial charge in [-0.3, -0.25) is 0 Å². The van der Waals surface area contributed by atoms with Gasteiger partial charge in [0, 0.05) is 32.7 Å². The standard InChI is InChI=1S/C14H30N2O2S2/c1-4-6-14(13-19,7-5-2)12-15-8-10-16(11-9-15)20(3,17)18/h19H,4-13H2,1-3H3. The van der Waals surface area contributed by atoms with Crippen molar-refractivity contribution < 1.29 is 8.42 Å². The van der Waals surface area contributed by atoms with E-state index in [4.69, 9.17) is 0 Å². The van der Waals surface area contributed by atoms with Crippen molar-refractivity contribution in [2.75, 3.05) is 44.7 Å². The molecule has 1 fully saturated rings. The average Bonchev–Trinajstić information content (AvgIpc) is 2.39. The Balaban J connectivity index is 2.59. The molecule has 0 aromatic carbocycles. The zero-order valence-electron chi connectivity index (χ0n) is 13.1. The topological polar surface area (TPSA) is 40.6 Å². The van der Waals surface area contributed by atoms with Crippen molar-refractivity contribution in [2.45, 2.75) is 39.5 Å². The summed E-state index contributed by atoms with van der Waals surface area (Å²) in [5.74, 6) is 0.918. The smallest absolute Gasteiger partial charge is 0.211 e. The molecule has 1 aliphatic rings. The summed E-state index contributed by atoms with van der Waals surface area (Å²) in [5, 5.41) is 0. The zero-order valence-corrected chi connectivity index (χ0v) is 14.8. The number of rotatable bonds is 8. The van der Waals surface area contributed by atoms with Gasteiger partial charge in [-0.25, -0.2) is 8.42 Å². The summed E-state index contributed by atoms with van der Waals surface area (Å²) in [5.41, 5.74) is 0.292. The lowest BCUT2D eigenvalue weighted by molar-refractivity contribution is 0.112. The molecule has 0 radical (unpaired) electrons. The Kier molecular flexibility index (Phi) is 7.32. The predicted molar refractivity (Wildman–Crippen MR) is 89.0 cm³/mol. The molecule has 120 valence electrons. The summed E-state index contributed by atoms with van der Waals surface area (Å²) in [6.07, 6.45) is 6.08. The fourth-order valence-corrected chi connectivity index (χ4v) is 4.49. The highest BCUT2D eigenvalue weighted by Gasteiger charge is 2.32. The molecule has 4 nitrogen and oxygen atoms in total. The molecule has 0 amide bonds. The maximum Gasteiger partial charge on any atom is 0.211 e. The summed E-state index contributed by atoms with van der Waals surface area (Å²) in [4.78, 5) is 2.42. The summed E-state index contributed by atoms with van der Waals surface area (Å²) in [7, 11) is -3.03. The van der Waals surface area contributed by atoms with Gasteiger partial charge in [0.05, 0.1) is 6.26 Å². The monoisotopic (exact) mass is 322 g/mol. The van der Waals surface area contributed by atoms with Crippen LogP contribution in [0.3, 0.4) is 0 Å². The minimum atomic E-state index is -3.03. The molecule has 0 aromatic heterocycles. The van der Waals surface area contributed by atoms with Crippen molar-refractivity contribution in [1.82, 2.24) is 9.21 Å².